The highest BCUT2D eigenvalue weighted by Crippen LogP contribution is 2.20. The number of nitrogens with zero attached hydrogens (tertiary/aromatic N) is 2. The van der Waals surface area contributed by atoms with Gasteiger partial charge in [-0.2, -0.15) is 0 Å². The summed E-state index contributed by atoms with van der Waals surface area (Å²) in [6.45, 7) is 0.369. The van der Waals surface area contributed by atoms with E-state index in [1.54, 1.807) is 31.4 Å². The van der Waals surface area contributed by atoms with E-state index in [0.717, 1.165) is 11.3 Å². The standard InChI is InChI=1S/C20H18FN3O3/c1-26-17-8-5-14(6-9-17)12-23-20(24-25)15-7-10-19(22-13-15)27-18-4-2-3-16(21)11-18/h2-11,13,25H,12H2,1H3,(H,23,24). The summed E-state index contributed by atoms with van der Waals surface area (Å²) in [6.07, 6.45) is 1.50. The molecule has 0 aliphatic heterocycles. The quantitative estimate of drug-likeness (QED) is 0.392. The number of hydrogen-bond acceptors (Lipinski definition) is 5. The van der Waals surface area contributed by atoms with E-state index < -0.39 is 0 Å². The van der Waals surface area contributed by atoms with Gasteiger partial charge in [0.2, 0.25) is 5.88 Å². The van der Waals surface area contributed by atoms with Gasteiger partial charge in [-0.1, -0.05) is 18.2 Å². The number of hydrogen-bond donors (Lipinski definition) is 2. The Balaban J connectivity index is 1.69. The zero-order valence-corrected chi connectivity index (χ0v) is 14.6. The maximum Gasteiger partial charge on any atom is 0.219 e. The van der Waals surface area contributed by atoms with Gasteiger partial charge >= 0.3 is 0 Å². The van der Waals surface area contributed by atoms with Crippen LogP contribution in [-0.4, -0.2) is 23.1 Å². The lowest BCUT2D eigenvalue weighted by atomic mass is 10.2. The Kier molecular flexibility index (Phi) is 5.96. The smallest absolute Gasteiger partial charge is 0.219 e. The van der Waals surface area contributed by atoms with Crippen molar-refractivity contribution >= 4 is 5.84 Å². The third-order valence-electron chi connectivity index (χ3n) is 3.71. The molecule has 0 unspecified atom stereocenters. The zero-order valence-electron chi connectivity index (χ0n) is 14.6. The molecule has 0 amide bonds. The lowest BCUT2D eigenvalue weighted by molar-refractivity contribution is 0.234. The summed E-state index contributed by atoms with van der Waals surface area (Å²) >= 11 is 0. The monoisotopic (exact) mass is 367 g/mol. The number of halogens is 1. The molecule has 1 heterocycles. The van der Waals surface area contributed by atoms with E-state index >= 15 is 0 Å². The van der Waals surface area contributed by atoms with Crippen molar-refractivity contribution < 1.29 is 19.1 Å². The van der Waals surface area contributed by atoms with Gasteiger partial charge in [-0.15, -0.1) is 0 Å². The molecule has 0 atom stereocenters. The third-order valence-corrected chi connectivity index (χ3v) is 3.71. The van der Waals surface area contributed by atoms with E-state index in [4.69, 9.17) is 9.47 Å². The lowest BCUT2D eigenvalue weighted by Gasteiger charge is -2.08. The highest BCUT2D eigenvalue weighted by atomic mass is 19.1. The molecule has 2 N–H and O–H groups in total. The van der Waals surface area contributed by atoms with Crippen LogP contribution in [0.1, 0.15) is 11.1 Å². The number of benzene rings is 2. The Morgan fingerprint density at radius 2 is 1.93 bits per heavy atom. The summed E-state index contributed by atoms with van der Waals surface area (Å²) in [5.74, 6) is 1.30. The molecule has 6 nitrogen and oxygen atoms in total. The maximum absolute atomic E-state index is 13.2. The molecule has 27 heavy (non-hydrogen) atoms. The molecule has 3 aromatic rings. The van der Waals surface area contributed by atoms with Crippen LogP contribution in [0.5, 0.6) is 17.4 Å². The molecule has 0 saturated carbocycles. The summed E-state index contributed by atoms with van der Waals surface area (Å²) < 4.78 is 23.8. The van der Waals surface area contributed by atoms with Crippen molar-refractivity contribution in [3.05, 3.63) is 83.8 Å². The van der Waals surface area contributed by atoms with E-state index in [2.05, 4.69) is 15.5 Å². The topological polar surface area (TPSA) is 76.0 Å². The number of aliphatic imine (C=N–C) groups is 1. The SMILES string of the molecule is COc1ccc(CN=C(NO)c2ccc(Oc3cccc(F)c3)nc2)cc1. The molecule has 0 aliphatic carbocycles. The molecular formula is C20H18FN3O3. The van der Waals surface area contributed by atoms with Gasteiger partial charge < -0.3 is 9.47 Å². The third kappa shape index (κ3) is 5.02. The van der Waals surface area contributed by atoms with Crippen molar-refractivity contribution in [3.8, 4) is 17.4 Å². The van der Waals surface area contributed by atoms with Crippen molar-refractivity contribution in [2.75, 3.05) is 7.11 Å². The molecule has 0 spiro atoms. The molecule has 0 bridgehead atoms. The Morgan fingerprint density at radius 1 is 1.11 bits per heavy atom. The van der Waals surface area contributed by atoms with Gasteiger partial charge in [-0.05, 0) is 35.9 Å². The fraction of sp³-hybridized carbons (Fsp3) is 0.100. The molecule has 2 aromatic carbocycles. The van der Waals surface area contributed by atoms with Gasteiger partial charge in [-0.25, -0.2) is 9.37 Å². The van der Waals surface area contributed by atoms with Gasteiger partial charge in [0, 0.05) is 23.9 Å². The first-order chi connectivity index (χ1) is 13.2. The van der Waals surface area contributed by atoms with Crippen LogP contribution in [-0.2, 0) is 6.54 Å². The summed E-state index contributed by atoms with van der Waals surface area (Å²) in [4.78, 5) is 8.50. The molecule has 1 aromatic heterocycles. The number of aromatic nitrogens is 1. The van der Waals surface area contributed by atoms with Crippen LogP contribution in [0.3, 0.4) is 0 Å². The van der Waals surface area contributed by atoms with Crippen molar-refractivity contribution in [2.24, 2.45) is 4.99 Å². The molecule has 7 heteroatoms. The van der Waals surface area contributed by atoms with E-state index in [9.17, 15) is 9.60 Å². The minimum Gasteiger partial charge on any atom is -0.497 e. The predicted octanol–water partition coefficient (Wildman–Crippen LogP) is 3.95. The first-order valence-electron chi connectivity index (χ1n) is 8.15. The molecule has 0 saturated heterocycles. The van der Waals surface area contributed by atoms with Crippen molar-refractivity contribution in [3.63, 3.8) is 0 Å². The first-order valence-corrected chi connectivity index (χ1v) is 8.15. The molecule has 138 valence electrons. The van der Waals surface area contributed by atoms with Crippen LogP contribution in [0.4, 0.5) is 4.39 Å². The lowest BCUT2D eigenvalue weighted by Crippen LogP contribution is -2.20. The van der Waals surface area contributed by atoms with Crippen LogP contribution >= 0.6 is 0 Å². The van der Waals surface area contributed by atoms with E-state index in [1.807, 2.05) is 24.3 Å². The van der Waals surface area contributed by atoms with Crippen LogP contribution in [0.15, 0.2) is 71.9 Å². The fourth-order valence-electron chi connectivity index (χ4n) is 2.32. The van der Waals surface area contributed by atoms with Crippen molar-refractivity contribution in [1.29, 1.82) is 0 Å². The van der Waals surface area contributed by atoms with Gasteiger partial charge in [-0.3, -0.25) is 15.7 Å². The molecule has 3 rings (SSSR count). The van der Waals surface area contributed by atoms with Gasteiger partial charge in [0.15, 0.2) is 5.84 Å². The highest BCUT2D eigenvalue weighted by Gasteiger charge is 2.05. The largest absolute Gasteiger partial charge is 0.497 e. The normalized spacial score (nSPS) is 11.1. The fourth-order valence-corrected chi connectivity index (χ4v) is 2.32. The number of pyridine rings is 1. The number of hydroxylamine groups is 1. The Morgan fingerprint density at radius 3 is 2.56 bits per heavy atom. The van der Waals surface area contributed by atoms with Gasteiger partial charge in [0.05, 0.1) is 13.7 Å². The van der Waals surface area contributed by atoms with Crippen LogP contribution in [0.2, 0.25) is 0 Å². The van der Waals surface area contributed by atoms with Crippen LogP contribution < -0.4 is 15.0 Å². The second-order valence-corrected chi connectivity index (χ2v) is 5.57. The number of ether oxygens (including phenoxy) is 2. The van der Waals surface area contributed by atoms with Crippen molar-refractivity contribution in [2.45, 2.75) is 6.54 Å². The van der Waals surface area contributed by atoms with Gasteiger partial charge in [0.1, 0.15) is 17.3 Å². The van der Waals surface area contributed by atoms with E-state index in [-0.39, 0.29) is 11.7 Å². The second-order valence-electron chi connectivity index (χ2n) is 5.57. The molecular weight excluding hydrogens is 349 g/mol. The van der Waals surface area contributed by atoms with E-state index in [1.165, 1.54) is 18.3 Å². The van der Waals surface area contributed by atoms with E-state index in [0.29, 0.717) is 23.7 Å². The zero-order chi connectivity index (χ0) is 19.1. The minimum atomic E-state index is -0.387. The number of methoxy groups -OCH3 is 1. The van der Waals surface area contributed by atoms with Crippen molar-refractivity contribution in [1.82, 2.24) is 10.5 Å². The average Bonchev–Trinajstić information content (AvgIpc) is 2.70. The summed E-state index contributed by atoms with van der Waals surface area (Å²) in [5, 5.41) is 9.37. The molecule has 0 fully saturated rings. The molecule has 0 aliphatic rings. The first kappa shape index (κ1) is 18.3. The molecule has 0 radical (unpaired) electrons. The highest BCUT2D eigenvalue weighted by molar-refractivity contribution is 5.97. The maximum atomic E-state index is 13.2. The van der Waals surface area contributed by atoms with Crippen LogP contribution in [0.25, 0.3) is 0 Å². The van der Waals surface area contributed by atoms with Crippen LogP contribution in [0, 0.1) is 5.82 Å². The average molecular weight is 367 g/mol. The van der Waals surface area contributed by atoms with Gasteiger partial charge in [0.25, 0.3) is 0 Å². The number of amidine groups is 1. The Hall–Kier alpha value is -3.45. The Bertz CT molecular complexity index is 913. The second kappa shape index (κ2) is 8.77. The summed E-state index contributed by atoms with van der Waals surface area (Å²) in [6, 6.07) is 16.6. The summed E-state index contributed by atoms with van der Waals surface area (Å²) in [5.41, 5.74) is 3.62. The predicted molar refractivity (Wildman–Crippen MR) is 98.9 cm³/mol. The summed E-state index contributed by atoms with van der Waals surface area (Å²) in [7, 11) is 1.61. The minimum absolute atomic E-state index is 0.274. The number of rotatable bonds is 6. The number of nitrogens with one attached hydrogen (secondary N) is 1. The Labute approximate surface area is 155 Å².